The quantitative estimate of drug-likeness (QED) is 0.586. The molecule has 2 rings (SSSR count). The first-order valence-electron chi connectivity index (χ1n) is 5.57. The predicted molar refractivity (Wildman–Crippen MR) is 66.1 cm³/mol. The highest BCUT2D eigenvalue weighted by Gasteiger charge is 2.24. The molecule has 1 aromatic rings. The summed E-state index contributed by atoms with van der Waals surface area (Å²) in [7, 11) is 0. The maximum atomic E-state index is 11.6. The fraction of sp³-hybridized carbons (Fsp3) is 0.364. The van der Waals surface area contributed by atoms with Crippen LogP contribution in [0.1, 0.15) is 0 Å². The molecule has 1 saturated heterocycles. The Bertz CT molecular complexity index is 454. The Labute approximate surface area is 104 Å². The summed E-state index contributed by atoms with van der Waals surface area (Å²) in [5.74, 6) is -0.143. The van der Waals surface area contributed by atoms with Crippen molar-refractivity contribution in [2.24, 2.45) is 5.73 Å². The fourth-order valence-electron chi connectivity index (χ4n) is 1.81. The minimum absolute atomic E-state index is 0.00159. The van der Waals surface area contributed by atoms with Crippen LogP contribution < -0.4 is 11.1 Å². The van der Waals surface area contributed by atoms with E-state index in [-0.39, 0.29) is 17.6 Å². The minimum atomic E-state index is -0.479. The van der Waals surface area contributed by atoms with Gasteiger partial charge in [-0.2, -0.15) is 0 Å². The molecular formula is C11H14N4O3. The van der Waals surface area contributed by atoms with Crippen molar-refractivity contribution in [3.8, 4) is 0 Å². The van der Waals surface area contributed by atoms with Crippen LogP contribution in [0.4, 0.5) is 11.4 Å². The Morgan fingerprint density at radius 1 is 1.44 bits per heavy atom. The number of anilines is 1. The number of carbonyl (C=O) groups is 1. The summed E-state index contributed by atoms with van der Waals surface area (Å²) in [5.41, 5.74) is 6.16. The predicted octanol–water partition coefficient (Wildman–Crippen LogP) is 0.176. The van der Waals surface area contributed by atoms with Gasteiger partial charge in [-0.1, -0.05) is 0 Å². The molecule has 0 aliphatic carbocycles. The first-order valence-corrected chi connectivity index (χ1v) is 5.57. The van der Waals surface area contributed by atoms with E-state index in [1.807, 2.05) is 4.90 Å². The van der Waals surface area contributed by atoms with E-state index in [1.165, 1.54) is 24.3 Å². The van der Waals surface area contributed by atoms with E-state index < -0.39 is 4.92 Å². The Morgan fingerprint density at radius 2 is 2.06 bits per heavy atom. The van der Waals surface area contributed by atoms with Gasteiger partial charge in [0, 0.05) is 37.0 Å². The highest BCUT2D eigenvalue weighted by Crippen LogP contribution is 2.15. The molecule has 3 N–H and O–H groups in total. The zero-order chi connectivity index (χ0) is 13.1. The van der Waals surface area contributed by atoms with Gasteiger partial charge in [0.15, 0.2) is 0 Å². The van der Waals surface area contributed by atoms with E-state index in [4.69, 9.17) is 5.73 Å². The normalized spacial score (nSPS) is 16.1. The number of carbonyl (C=O) groups excluding carboxylic acids is 1. The van der Waals surface area contributed by atoms with Crippen LogP contribution in [0.2, 0.25) is 0 Å². The maximum absolute atomic E-state index is 11.6. The van der Waals surface area contributed by atoms with Crippen molar-refractivity contribution in [1.82, 2.24) is 4.90 Å². The molecule has 1 aromatic carbocycles. The molecule has 0 saturated carbocycles. The SMILES string of the molecule is NC1CN(CC(=O)Nc2ccc([N+](=O)[O-])cc2)C1. The second-order valence-corrected chi connectivity index (χ2v) is 4.31. The molecule has 7 heteroatoms. The molecule has 1 amide bonds. The second kappa shape index (κ2) is 5.11. The number of nitrogens with one attached hydrogen (secondary N) is 1. The number of rotatable bonds is 4. The zero-order valence-electron chi connectivity index (χ0n) is 9.70. The van der Waals surface area contributed by atoms with Gasteiger partial charge in [0.05, 0.1) is 11.5 Å². The van der Waals surface area contributed by atoms with Crippen molar-refractivity contribution < 1.29 is 9.72 Å². The molecule has 1 fully saturated rings. The second-order valence-electron chi connectivity index (χ2n) is 4.31. The topological polar surface area (TPSA) is 102 Å². The molecule has 1 heterocycles. The van der Waals surface area contributed by atoms with Crippen LogP contribution in [0, 0.1) is 10.1 Å². The van der Waals surface area contributed by atoms with Crippen molar-refractivity contribution >= 4 is 17.3 Å². The van der Waals surface area contributed by atoms with Crippen LogP contribution in [-0.2, 0) is 4.79 Å². The van der Waals surface area contributed by atoms with Crippen LogP contribution in [0.25, 0.3) is 0 Å². The Kier molecular flexibility index (Phi) is 3.54. The fourth-order valence-corrected chi connectivity index (χ4v) is 1.81. The number of amides is 1. The van der Waals surface area contributed by atoms with Crippen molar-refractivity contribution in [1.29, 1.82) is 0 Å². The number of nitrogens with two attached hydrogens (primary N) is 1. The molecule has 1 aliphatic rings. The van der Waals surface area contributed by atoms with Crippen molar-refractivity contribution in [2.45, 2.75) is 6.04 Å². The number of hydrogen-bond donors (Lipinski definition) is 2. The van der Waals surface area contributed by atoms with E-state index in [1.54, 1.807) is 0 Å². The molecule has 0 spiro atoms. The summed E-state index contributed by atoms with van der Waals surface area (Å²) >= 11 is 0. The van der Waals surface area contributed by atoms with Crippen LogP contribution >= 0.6 is 0 Å². The van der Waals surface area contributed by atoms with E-state index in [2.05, 4.69) is 5.32 Å². The van der Waals surface area contributed by atoms with Crippen molar-refractivity contribution in [2.75, 3.05) is 25.0 Å². The molecular weight excluding hydrogens is 236 g/mol. The molecule has 1 aliphatic heterocycles. The van der Waals surface area contributed by atoms with Gasteiger partial charge >= 0.3 is 0 Å². The van der Waals surface area contributed by atoms with E-state index in [0.29, 0.717) is 12.2 Å². The summed E-state index contributed by atoms with van der Waals surface area (Å²) < 4.78 is 0. The highest BCUT2D eigenvalue weighted by molar-refractivity contribution is 5.92. The number of benzene rings is 1. The highest BCUT2D eigenvalue weighted by atomic mass is 16.6. The molecule has 0 radical (unpaired) electrons. The standard InChI is InChI=1S/C11H14N4O3/c12-8-5-14(6-8)7-11(16)13-9-1-3-10(4-2-9)15(17)18/h1-4,8H,5-7,12H2,(H,13,16). The maximum Gasteiger partial charge on any atom is 0.269 e. The first kappa shape index (κ1) is 12.5. The third kappa shape index (κ3) is 3.02. The average Bonchev–Trinajstić information content (AvgIpc) is 2.27. The Morgan fingerprint density at radius 3 is 2.56 bits per heavy atom. The van der Waals surface area contributed by atoms with Gasteiger partial charge in [-0.3, -0.25) is 19.8 Å². The Hall–Kier alpha value is -1.99. The van der Waals surface area contributed by atoms with Crippen LogP contribution in [-0.4, -0.2) is 41.4 Å². The number of nitro groups is 1. The van der Waals surface area contributed by atoms with Gasteiger partial charge in [-0.15, -0.1) is 0 Å². The van der Waals surface area contributed by atoms with E-state index >= 15 is 0 Å². The molecule has 0 unspecified atom stereocenters. The minimum Gasteiger partial charge on any atom is -0.325 e. The van der Waals surface area contributed by atoms with Crippen molar-refractivity contribution in [3.05, 3.63) is 34.4 Å². The van der Waals surface area contributed by atoms with Crippen LogP contribution in [0.15, 0.2) is 24.3 Å². The van der Waals surface area contributed by atoms with E-state index in [0.717, 1.165) is 13.1 Å². The smallest absolute Gasteiger partial charge is 0.269 e. The number of hydrogen-bond acceptors (Lipinski definition) is 5. The third-order valence-corrected chi connectivity index (χ3v) is 2.71. The summed E-state index contributed by atoms with van der Waals surface area (Å²) in [5, 5.41) is 13.1. The van der Waals surface area contributed by atoms with Crippen LogP contribution in [0.3, 0.4) is 0 Å². The van der Waals surface area contributed by atoms with Gasteiger partial charge in [0.1, 0.15) is 0 Å². The molecule has 18 heavy (non-hydrogen) atoms. The van der Waals surface area contributed by atoms with Gasteiger partial charge in [-0.25, -0.2) is 0 Å². The van der Waals surface area contributed by atoms with Gasteiger partial charge in [0.25, 0.3) is 5.69 Å². The van der Waals surface area contributed by atoms with Gasteiger partial charge in [0.2, 0.25) is 5.91 Å². The summed E-state index contributed by atoms with van der Waals surface area (Å²) in [4.78, 5) is 23.5. The van der Waals surface area contributed by atoms with Crippen molar-refractivity contribution in [3.63, 3.8) is 0 Å². The van der Waals surface area contributed by atoms with Gasteiger partial charge < -0.3 is 11.1 Å². The lowest BCUT2D eigenvalue weighted by molar-refractivity contribution is -0.384. The Balaban J connectivity index is 1.85. The molecule has 0 bridgehead atoms. The average molecular weight is 250 g/mol. The molecule has 96 valence electrons. The number of nitrogens with zero attached hydrogens (tertiary/aromatic N) is 2. The summed E-state index contributed by atoms with van der Waals surface area (Å²) in [6.07, 6.45) is 0. The lowest BCUT2D eigenvalue weighted by Gasteiger charge is -2.36. The largest absolute Gasteiger partial charge is 0.325 e. The molecule has 7 nitrogen and oxygen atoms in total. The number of non-ortho nitro benzene ring substituents is 1. The molecule has 0 atom stereocenters. The zero-order valence-corrected chi connectivity index (χ0v) is 9.70. The van der Waals surface area contributed by atoms with Gasteiger partial charge in [-0.05, 0) is 12.1 Å². The number of nitro benzene ring substituents is 1. The van der Waals surface area contributed by atoms with Crippen LogP contribution in [0.5, 0.6) is 0 Å². The monoisotopic (exact) mass is 250 g/mol. The molecule has 0 aromatic heterocycles. The lowest BCUT2D eigenvalue weighted by Crippen LogP contribution is -2.57. The summed E-state index contributed by atoms with van der Waals surface area (Å²) in [6.45, 7) is 1.76. The first-order chi connectivity index (χ1) is 8.54. The van der Waals surface area contributed by atoms with E-state index in [9.17, 15) is 14.9 Å². The third-order valence-electron chi connectivity index (χ3n) is 2.71. The summed E-state index contributed by atoms with van der Waals surface area (Å²) in [6, 6.07) is 5.90. The number of likely N-dealkylation sites (tertiary alicyclic amines) is 1. The lowest BCUT2D eigenvalue weighted by atomic mass is 10.1.